The van der Waals surface area contributed by atoms with Crippen LogP contribution in [0.1, 0.15) is 0 Å². The van der Waals surface area contributed by atoms with E-state index < -0.39 is 0 Å². The Balaban J connectivity index is 2.69. The summed E-state index contributed by atoms with van der Waals surface area (Å²) in [5, 5.41) is 9.69. The molecule has 0 amide bonds. The van der Waals surface area contributed by atoms with Crippen LogP contribution in [-0.2, 0) is 0 Å². The summed E-state index contributed by atoms with van der Waals surface area (Å²) >= 11 is 5.81. The fourth-order valence-corrected chi connectivity index (χ4v) is 1.62. The van der Waals surface area contributed by atoms with Crippen molar-refractivity contribution >= 4 is 17.3 Å². The second kappa shape index (κ2) is 3.90. The third-order valence-electron chi connectivity index (χ3n) is 2.12. The third-order valence-corrected chi connectivity index (χ3v) is 2.33. The SMILES string of the molecule is Nc1cc(Cl)cn(-c2cccc(O)c2)c1=O. The van der Waals surface area contributed by atoms with Crippen molar-refractivity contribution in [1.29, 1.82) is 0 Å². The lowest BCUT2D eigenvalue weighted by molar-refractivity contribution is 0.475. The van der Waals surface area contributed by atoms with Crippen molar-refractivity contribution in [2.24, 2.45) is 0 Å². The van der Waals surface area contributed by atoms with Crippen molar-refractivity contribution in [2.75, 3.05) is 5.73 Å². The van der Waals surface area contributed by atoms with E-state index in [0.29, 0.717) is 10.7 Å². The van der Waals surface area contributed by atoms with Gasteiger partial charge in [-0.15, -0.1) is 0 Å². The van der Waals surface area contributed by atoms with E-state index in [1.54, 1.807) is 12.1 Å². The summed E-state index contributed by atoms with van der Waals surface area (Å²) in [6, 6.07) is 7.67. The number of hydrogen-bond donors (Lipinski definition) is 2. The van der Waals surface area contributed by atoms with Crippen LogP contribution in [0, 0.1) is 0 Å². The van der Waals surface area contributed by atoms with Crippen LogP contribution in [0.4, 0.5) is 5.69 Å². The van der Waals surface area contributed by atoms with Crippen molar-refractivity contribution < 1.29 is 5.11 Å². The van der Waals surface area contributed by atoms with Gasteiger partial charge in [-0.05, 0) is 18.2 Å². The Morgan fingerprint density at radius 3 is 2.75 bits per heavy atom. The maximum absolute atomic E-state index is 11.7. The zero-order valence-corrected chi connectivity index (χ0v) is 8.98. The van der Waals surface area contributed by atoms with Crippen LogP contribution in [0.15, 0.2) is 41.3 Å². The number of aromatic nitrogens is 1. The Morgan fingerprint density at radius 1 is 1.31 bits per heavy atom. The number of anilines is 1. The van der Waals surface area contributed by atoms with Crippen LogP contribution >= 0.6 is 11.6 Å². The molecule has 82 valence electrons. The molecule has 3 N–H and O–H groups in total. The van der Waals surface area contributed by atoms with E-state index in [9.17, 15) is 9.90 Å². The topological polar surface area (TPSA) is 68.2 Å². The highest BCUT2D eigenvalue weighted by molar-refractivity contribution is 6.30. The predicted octanol–water partition coefficient (Wildman–Crippen LogP) is 1.78. The predicted molar refractivity (Wildman–Crippen MR) is 63.1 cm³/mol. The van der Waals surface area contributed by atoms with E-state index in [0.717, 1.165) is 0 Å². The van der Waals surface area contributed by atoms with E-state index in [2.05, 4.69) is 0 Å². The number of nitrogens with two attached hydrogens (primary N) is 1. The van der Waals surface area contributed by atoms with E-state index in [-0.39, 0.29) is 17.0 Å². The van der Waals surface area contributed by atoms with Gasteiger partial charge >= 0.3 is 0 Å². The molecule has 0 aliphatic rings. The molecule has 0 fully saturated rings. The van der Waals surface area contributed by atoms with Gasteiger partial charge in [-0.2, -0.15) is 0 Å². The first-order valence-corrected chi connectivity index (χ1v) is 4.93. The average Bonchev–Trinajstić information content (AvgIpc) is 2.23. The number of pyridine rings is 1. The third kappa shape index (κ3) is 1.87. The molecule has 0 spiro atoms. The van der Waals surface area contributed by atoms with Crippen molar-refractivity contribution in [3.63, 3.8) is 0 Å². The fraction of sp³-hybridized carbons (Fsp3) is 0. The molecule has 0 atom stereocenters. The number of benzene rings is 1. The van der Waals surface area contributed by atoms with Crippen LogP contribution < -0.4 is 11.3 Å². The number of aromatic hydroxyl groups is 1. The number of nitrogens with zero attached hydrogens (tertiary/aromatic N) is 1. The highest BCUT2D eigenvalue weighted by Crippen LogP contribution is 2.16. The zero-order chi connectivity index (χ0) is 11.7. The number of hydrogen-bond acceptors (Lipinski definition) is 3. The molecule has 4 nitrogen and oxygen atoms in total. The molecule has 1 aromatic carbocycles. The fourth-order valence-electron chi connectivity index (χ4n) is 1.40. The Bertz CT molecular complexity index is 593. The second-order valence-corrected chi connectivity index (χ2v) is 3.75. The zero-order valence-electron chi connectivity index (χ0n) is 8.22. The minimum Gasteiger partial charge on any atom is -0.508 e. The summed E-state index contributed by atoms with van der Waals surface area (Å²) in [6.45, 7) is 0. The molecule has 2 rings (SSSR count). The van der Waals surface area contributed by atoms with Gasteiger partial charge in [0.05, 0.1) is 16.4 Å². The molecule has 0 unspecified atom stereocenters. The van der Waals surface area contributed by atoms with Crippen molar-refractivity contribution in [3.8, 4) is 11.4 Å². The van der Waals surface area contributed by atoms with Crippen LogP contribution in [0.2, 0.25) is 5.02 Å². The molecule has 16 heavy (non-hydrogen) atoms. The number of halogens is 1. The van der Waals surface area contributed by atoms with Crippen LogP contribution in [-0.4, -0.2) is 9.67 Å². The van der Waals surface area contributed by atoms with Gasteiger partial charge in [0, 0.05) is 12.3 Å². The Labute approximate surface area is 96.5 Å². The van der Waals surface area contributed by atoms with Gasteiger partial charge in [0.15, 0.2) is 0 Å². The molecule has 0 aliphatic heterocycles. The summed E-state index contributed by atoms with van der Waals surface area (Å²) in [4.78, 5) is 11.7. The minimum absolute atomic E-state index is 0.0656. The maximum Gasteiger partial charge on any atom is 0.278 e. The number of phenolic OH excluding ortho intramolecular Hbond substituents is 1. The Hall–Kier alpha value is -1.94. The summed E-state index contributed by atoms with van der Waals surface area (Å²) in [6.07, 6.45) is 1.45. The minimum atomic E-state index is -0.366. The summed E-state index contributed by atoms with van der Waals surface area (Å²) in [5.74, 6) is 0.0722. The van der Waals surface area contributed by atoms with Gasteiger partial charge in [-0.3, -0.25) is 9.36 Å². The summed E-state index contributed by atoms with van der Waals surface area (Å²) in [5.41, 5.74) is 5.73. The first kappa shape index (κ1) is 10.6. The largest absolute Gasteiger partial charge is 0.508 e. The number of phenols is 1. The van der Waals surface area contributed by atoms with Crippen LogP contribution in [0.5, 0.6) is 5.75 Å². The normalized spacial score (nSPS) is 10.3. The highest BCUT2D eigenvalue weighted by atomic mass is 35.5. The first-order chi connectivity index (χ1) is 7.58. The van der Waals surface area contributed by atoms with Crippen molar-refractivity contribution in [2.45, 2.75) is 0 Å². The molecule has 0 saturated heterocycles. The lowest BCUT2D eigenvalue weighted by Crippen LogP contribution is -2.20. The number of nitrogen functional groups attached to an aromatic ring is 1. The molecule has 2 aromatic rings. The van der Waals surface area contributed by atoms with E-state index in [4.69, 9.17) is 17.3 Å². The van der Waals surface area contributed by atoms with Crippen molar-refractivity contribution in [3.05, 3.63) is 51.9 Å². The molecule has 0 radical (unpaired) electrons. The smallest absolute Gasteiger partial charge is 0.278 e. The molecule has 0 aliphatic carbocycles. The van der Waals surface area contributed by atoms with E-state index in [1.807, 2.05) is 0 Å². The van der Waals surface area contributed by atoms with Crippen molar-refractivity contribution in [1.82, 2.24) is 4.57 Å². The van der Waals surface area contributed by atoms with Crippen LogP contribution in [0.25, 0.3) is 5.69 Å². The molecule has 1 aromatic heterocycles. The van der Waals surface area contributed by atoms with Gasteiger partial charge in [0.25, 0.3) is 5.56 Å². The van der Waals surface area contributed by atoms with Gasteiger partial charge in [-0.1, -0.05) is 17.7 Å². The quantitative estimate of drug-likeness (QED) is 0.793. The van der Waals surface area contributed by atoms with E-state index in [1.165, 1.54) is 29.0 Å². The summed E-state index contributed by atoms with van der Waals surface area (Å²) in [7, 11) is 0. The molecule has 5 heteroatoms. The Kier molecular flexibility index (Phi) is 2.58. The highest BCUT2D eigenvalue weighted by Gasteiger charge is 2.05. The van der Waals surface area contributed by atoms with Gasteiger partial charge in [0.2, 0.25) is 0 Å². The molecular formula is C11H9ClN2O2. The standard InChI is InChI=1S/C11H9ClN2O2/c12-7-4-10(13)11(16)14(6-7)8-2-1-3-9(15)5-8/h1-6,15H,13H2. The Morgan fingerprint density at radius 2 is 2.06 bits per heavy atom. The maximum atomic E-state index is 11.7. The average molecular weight is 237 g/mol. The summed E-state index contributed by atoms with van der Waals surface area (Å²) < 4.78 is 1.29. The lowest BCUT2D eigenvalue weighted by atomic mass is 10.3. The lowest BCUT2D eigenvalue weighted by Gasteiger charge is -2.07. The van der Waals surface area contributed by atoms with Gasteiger partial charge in [-0.25, -0.2) is 0 Å². The monoisotopic (exact) mass is 236 g/mol. The molecular weight excluding hydrogens is 228 g/mol. The molecule has 1 heterocycles. The van der Waals surface area contributed by atoms with Gasteiger partial charge < -0.3 is 10.8 Å². The molecule has 0 saturated carbocycles. The van der Waals surface area contributed by atoms with E-state index >= 15 is 0 Å². The first-order valence-electron chi connectivity index (χ1n) is 4.55. The molecule has 0 bridgehead atoms. The van der Waals surface area contributed by atoms with Gasteiger partial charge in [0.1, 0.15) is 5.75 Å². The second-order valence-electron chi connectivity index (χ2n) is 3.31. The van der Waals surface area contributed by atoms with Crippen LogP contribution in [0.3, 0.4) is 0 Å². The number of rotatable bonds is 1.